The predicted molar refractivity (Wildman–Crippen MR) is 137 cm³/mol. The highest BCUT2D eigenvalue weighted by Crippen LogP contribution is 2.44. The number of carbonyl (C=O) groups is 2. The van der Waals surface area contributed by atoms with Gasteiger partial charge in [-0.1, -0.05) is 26.8 Å². The topological polar surface area (TPSA) is 67.4 Å². The Hall–Kier alpha value is -2.64. The molecule has 1 aliphatic carbocycles. The van der Waals surface area contributed by atoms with E-state index in [-0.39, 0.29) is 17.2 Å². The largest absolute Gasteiger partial charge is 0.494 e. The second-order valence-corrected chi connectivity index (χ2v) is 11.4. The van der Waals surface area contributed by atoms with Crippen molar-refractivity contribution in [2.75, 3.05) is 17.2 Å². The molecule has 0 bridgehead atoms. The Morgan fingerprint density at radius 3 is 2.48 bits per heavy atom. The van der Waals surface area contributed by atoms with Gasteiger partial charge in [0, 0.05) is 10.6 Å². The molecule has 33 heavy (non-hydrogen) atoms. The Kier molecular flexibility index (Phi) is 6.91. The van der Waals surface area contributed by atoms with Gasteiger partial charge in [-0.2, -0.15) is 0 Å². The van der Waals surface area contributed by atoms with Gasteiger partial charge < -0.3 is 15.4 Å². The Morgan fingerprint density at radius 2 is 1.85 bits per heavy atom. The summed E-state index contributed by atoms with van der Waals surface area (Å²) in [6, 6.07) is 11.0. The van der Waals surface area contributed by atoms with Gasteiger partial charge >= 0.3 is 0 Å². The quantitative estimate of drug-likeness (QED) is 0.403. The van der Waals surface area contributed by atoms with Crippen molar-refractivity contribution in [3.63, 3.8) is 0 Å². The van der Waals surface area contributed by atoms with Crippen LogP contribution in [0.3, 0.4) is 0 Å². The summed E-state index contributed by atoms with van der Waals surface area (Å²) in [7, 11) is 0. The molecule has 1 atom stereocenters. The van der Waals surface area contributed by atoms with Crippen LogP contribution in [-0.2, 0) is 12.8 Å². The van der Waals surface area contributed by atoms with Crippen molar-refractivity contribution in [1.29, 1.82) is 0 Å². The lowest BCUT2D eigenvalue weighted by Gasteiger charge is -2.33. The molecule has 2 aromatic heterocycles. The van der Waals surface area contributed by atoms with Crippen LogP contribution in [0, 0.1) is 11.3 Å². The van der Waals surface area contributed by atoms with E-state index in [9.17, 15) is 9.59 Å². The number of ether oxygens (including phenoxy) is 1. The molecular weight excluding hydrogens is 452 g/mol. The zero-order chi connectivity index (χ0) is 23.6. The molecular formula is C26H30N2O3S2. The molecule has 0 spiro atoms. The summed E-state index contributed by atoms with van der Waals surface area (Å²) in [4.78, 5) is 28.1. The maximum Gasteiger partial charge on any atom is 0.266 e. The summed E-state index contributed by atoms with van der Waals surface area (Å²) >= 11 is 2.94. The van der Waals surface area contributed by atoms with Crippen molar-refractivity contribution in [1.82, 2.24) is 0 Å². The Bertz CT molecular complexity index is 1130. The summed E-state index contributed by atoms with van der Waals surface area (Å²) < 4.78 is 5.49. The van der Waals surface area contributed by atoms with E-state index in [4.69, 9.17) is 4.74 Å². The van der Waals surface area contributed by atoms with Gasteiger partial charge in [0.2, 0.25) is 0 Å². The van der Waals surface area contributed by atoms with Gasteiger partial charge in [-0.3, -0.25) is 9.59 Å². The number of anilines is 2. The molecule has 7 heteroatoms. The average Bonchev–Trinajstić information content (AvgIpc) is 3.42. The summed E-state index contributed by atoms with van der Waals surface area (Å²) in [5, 5.41) is 8.55. The Morgan fingerprint density at radius 1 is 1.09 bits per heavy atom. The monoisotopic (exact) mass is 482 g/mol. The van der Waals surface area contributed by atoms with Crippen LogP contribution in [0.5, 0.6) is 5.75 Å². The molecule has 0 fully saturated rings. The van der Waals surface area contributed by atoms with Crippen molar-refractivity contribution in [3.8, 4) is 5.75 Å². The minimum atomic E-state index is -0.188. The van der Waals surface area contributed by atoms with Crippen molar-refractivity contribution >= 4 is 45.2 Å². The van der Waals surface area contributed by atoms with Gasteiger partial charge in [0.15, 0.2) is 0 Å². The van der Waals surface area contributed by atoms with Crippen LogP contribution in [0.1, 0.15) is 64.6 Å². The molecule has 2 N–H and O–H groups in total. The van der Waals surface area contributed by atoms with E-state index in [1.807, 2.05) is 42.6 Å². The minimum Gasteiger partial charge on any atom is -0.494 e. The fourth-order valence-corrected chi connectivity index (χ4v) is 6.16. The van der Waals surface area contributed by atoms with Gasteiger partial charge in [-0.05, 0) is 78.8 Å². The number of nitrogens with one attached hydrogen (secondary N) is 2. The fourth-order valence-electron chi connectivity index (χ4n) is 4.22. The highest BCUT2D eigenvalue weighted by molar-refractivity contribution is 7.17. The van der Waals surface area contributed by atoms with Gasteiger partial charge in [0.25, 0.3) is 11.8 Å². The average molecular weight is 483 g/mol. The van der Waals surface area contributed by atoms with Crippen LogP contribution >= 0.6 is 22.7 Å². The molecule has 0 radical (unpaired) electrons. The fraction of sp³-hybridized carbons (Fsp3) is 0.385. The molecule has 0 saturated carbocycles. The van der Waals surface area contributed by atoms with Crippen molar-refractivity contribution in [2.45, 2.75) is 47.0 Å². The van der Waals surface area contributed by atoms with Crippen LogP contribution in [-0.4, -0.2) is 18.4 Å². The number of fused-ring (bicyclic) bond motifs is 1. The maximum atomic E-state index is 13.4. The standard InChI is InChI=1S/C26H30N2O3S2/c1-5-31-18-11-9-17(10-12-18)27-24(30)22-19-13-8-16(26(2,3)4)15-21(19)33-25(22)28-23(29)20-7-6-14-32-20/h6-7,9-12,14,16H,5,8,13,15H2,1-4H3,(H,27,30)(H,28,29)/t16-/m1/s1. The highest BCUT2D eigenvalue weighted by atomic mass is 32.1. The molecule has 5 nitrogen and oxygen atoms in total. The van der Waals surface area contributed by atoms with Crippen LogP contribution in [0.2, 0.25) is 0 Å². The van der Waals surface area contributed by atoms with Crippen LogP contribution in [0.15, 0.2) is 41.8 Å². The second-order valence-electron chi connectivity index (χ2n) is 9.36. The first-order valence-corrected chi connectivity index (χ1v) is 13.0. The normalized spacial score (nSPS) is 15.6. The van der Waals surface area contributed by atoms with E-state index in [2.05, 4.69) is 31.4 Å². The number of thiophene rings is 2. The number of rotatable bonds is 6. The lowest BCUT2D eigenvalue weighted by molar-refractivity contribution is 0.102. The molecule has 1 aromatic carbocycles. The van der Waals surface area contributed by atoms with Crippen molar-refractivity contribution in [3.05, 3.63) is 62.7 Å². The number of carbonyl (C=O) groups excluding carboxylic acids is 2. The molecule has 174 valence electrons. The first-order valence-electron chi connectivity index (χ1n) is 11.3. The van der Waals surface area contributed by atoms with Gasteiger partial charge in [-0.25, -0.2) is 0 Å². The van der Waals surface area contributed by atoms with E-state index in [1.165, 1.54) is 16.2 Å². The number of hydrogen-bond acceptors (Lipinski definition) is 5. The first-order chi connectivity index (χ1) is 15.8. The summed E-state index contributed by atoms with van der Waals surface area (Å²) in [5.41, 5.74) is 2.57. The van der Waals surface area contributed by atoms with Crippen LogP contribution in [0.4, 0.5) is 10.7 Å². The lowest BCUT2D eigenvalue weighted by Crippen LogP contribution is -2.27. The zero-order valence-electron chi connectivity index (χ0n) is 19.5. The number of amides is 2. The predicted octanol–water partition coefficient (Wildman–Crippen LogP) is 6.86. The molecule has 2 heterocycles. The summed E-state index contributed by atoms with van der Waals surface area (Å²) in [5.74, 6) is 0.950. The van der Waals surface area contributed by atoms with E-state index in [0.29, 0.717) is 33.7 Å². The third kappa shape index (κ3) is 5.31. The first kappa shape index (κ1) is 23.5. The smallest absolute Gasteiger partial charge is 0.266 e. The van der Waals surface area contributed by atoms with E-state index < -0.39 is 0 Å². The van der Waals surface area contributed by atoms with Crippen molar-refractivity contribution < 1.29 is 14.3 Å². The molecule has 1 aliphatic rings. The third-order valence-electron chi connectivity index (χ3n) is 6.11. The highest BCUT2D eigenvalue weighted by Gasteiger charge is 2.34. The molecule has 4 rings (SSSR count). The minimum absolute atomic E-state index is 0.175. The molecule has 2 amide bonds. The van der Waals surface area contributed by atoms with Crippen LogP contribution < -0.4 is 15.4 Å². The molecule has 0 saturated heterocycles. The van der Waals surface area contributed by atoms with Gasteiger partial charge in [-0.15, -0.1) is 22.7 Å². The number of hydrogen-bond donors (Lipinski definition) is 2. The zero-order valence-corrected chi connectivity index (χ0v) is 21.1. The van der Waals surface area contributed by atoms with Crippen LogP contribution in [0.25, 0.3) is 0 Å². The summed E-state index contributed by atoms with van der Waals surface area (Å²) in [6.07, 6.45) is 2.81. The Labute approximate surface area is 203 Å². The van der Waals surface area contributed by atoms with Gasteiger partial charge in [0.05, 0.1) is 17.0 Å². The third-order valence-corrected chi connectivity index (χ3v) is 8.15. The molecule has 3 aromatic rings. The van der Waals surface area contributed by atoms with E-state index in [0.717, 1.165) is 30.6 Å². The van der Waals surface area contributed by atoms with Gasteiger partial charge in [0.1, 0.15) is 10.8 Å². The van der Waals surface area contributed by atoms with Crippen molar-refractivity contribution in [2.24, 2.45) is 11.3 Å². The Balaban J connectivity index is 1.63. The second kappa shape index (κ2) is 9.69. The molecule has 0 unspecified atom stereocenters. The SMILES string of the molecule is CCOc1ccc(NC(=O)c2c(NC(=O)c3cccs3)sc3c2CC[C@@H](C(C)(C)C)C3)cc1. The van der Waals surface area contributed by atoms with E-state index >= 15 is 0 Å². The van der Waals surface area contributed by atoms with E-state index in [1.54, 1.807) is 17.4 Å². The summed E-state index contributed by atoms with van der Waals surface area (Å²) in [6.45, 7) is 9.35. The number of benzene rings is 1. The maximum absolute atomic E-state index is 13.4. The molecule has 0 aliphatic heterocycles. The lowest BCUT2D eigenvalue weighted by atomic mass is 9.72.